The summed E-state index contributed by atoms with van der Waals surface area (Å²) < 4.78 is 1.40. The fourth-order valence-electron chi connectivity index (χ4n) is 3.10. The summed E-state index contributed by atoms with van der Waals surface area (Å²) in [7, 11) is 0. The van der Waals surface area contributed by atoms with Crippen molar-refractivity contribution in [2.75, 3.05) is 25.0 Å². The van der Waals surface area contributed by atoms with Gasteiger partial charge in [0.15, 0.2) is 5.65 Å². The van der Waals surface area contributed by atoms with E-state index in [-0.39, 0.29) is 5.91 Å². The van der Waals surface area contributed by atoms with E-state index in [1.54, 1.807) is 0 Å². The molecular weight excluding hydrogens is 318 g/mol. The van der Waals surface area contributed by atoms with Gasteiger partial charge in [0.25, 0.3) is 0 Å². The molecule has 1 fully saturated rings. The lowest BCUT2D eigenvalue weighted by molar-refractivity contribution is -0.129. The quantitative estimate of drug-likeness (QED) is 0.748. The van der Waals surface area contributed by atoms with Crippen LogP contribution in [0.4, 0.5) is 5.82 Å². The van der Waals surface area contributed by atoms with Gasteiger partial charge in [-0.15, -0.1) is 14.8 Å². The van der Waals surface area contributed by atoms with Crippen molar-refractivity contribution in [1.82, 2.24) is 30.2 Å². The molecule has 0 radical (unpaired) electrons. The molecule has 0 aliphatic carbocycles. The number of benzene rings is 1. The van der Waals surface area contributed by atoms with Gasteiger partial charge in [0, 0.05) is 19.6 Å². The molecule has 1 unspecified atom stereocenters. The van der Waals surface area contributed by atoms with Crippen LogP contribution in [-0.4, -0.2) is 55.7 Å². The van der Waals surface area contributed by atoms with Crippen LogP contribution in [0.1, 0.15) is 12.0 Å². The molecule has 1 amide bonds. The average molecular weight is 337 g/mol. The number of hydrogen-bond donors (Lipinski definition) is 1. The molecule has 2 aromatic heterocycles. The molecule has 1 aliphatic rings. The van der Waals surface area contributed by atoms with Gasteiger partial charge < -0.3 is 10.2 Å². The van der Waals surface area contributed by atoms with Gasteiger partial charge in [-0.25, -0.2) is 0 Å². The van der Waals surface area contributed by atoms with Crippen LogP contribution in [0.3, 0.4) is 0 Å². The first-order valence-electron chi connectivity index (χ1n) is 8.39. The smallest absolute Gasteiger partial charge is 0.226 e. The SMILES string of the molecule is O=C(Cc1ccccc1)N1CCC(CNc2ccc3nnnn3n2)C1. The Bertz CT molecular complexity index is 864. The number of likely N-dealkylation sites (tertiary alicyclic amines) is 1. The van der Waals surface area contributed by atoms with E-state index in [1.165, 1.54) is 4.63 Å². The molecule has 8 heteroatoms. The highest BCUT2D eigenvalue weighted by Gasteiger charge is 2.26. The van der Waals surface area contributed by atoms with Gasteiger partial charge in [-0.2, -0.15) is 0 Å². The zero-order valence-electron chi connectivity index (χ0n) is 13.7. The number of aromatic nitrogens is 5. The molecule has 1 aromatic carbocycles. The monoisotopic (exact) mass is 337 g/mol. The standard InChI is InChI=1S/C17H19N7O/c25-17(10-13-4-2-1-3-5-13)23-9-8-14(12-23)11-18-15-6-7-16-19-21-22-24(16)20-15/h1-7,14H,8-12H2,(H,18,20). The molecule has 3 aromatic rings. The molecule has 1 N–H and O–H groups in total. The average Bonchev–Trinajstić information content (AvgIpc) is 3.29. The summed E-state index contributed by atoms with van der Waals surface area (Å²) in [6, 6.07) is 13.6. The highest BCUT2D eigenvalue weighted by Crippen LogP contribution is 2.18. The number of carbonyl (C=O) groups excluding carboxylic acids is 1. The molecule has 1 aliphatic heterocycles. The summed E-state index contributed by atoms with van der Waals surface area (Å²) in [5.74, 6) is 1.35. The van der Waals surface area contributed by atoms with Crippen LogP contribution in [0, 0.1) is 5.92 Å². The predicted molar refractivity (Wildman–Crippen MR) is 91.9 cm³/mol. The minimum Gasteiger partial charge on any atom is -0.368 e. The highest BCUT2D eigenvalue weighted by atomic mass is 16.2. The van der Waals surface area contributed by atoms with E-state index in [0.717, 1.165) is 37.4 Å². The van der Waals surface area contributed by atoms with Crippen molar-refractivity contribution in [1.29, 1.82) is 0 Å². The zero-order valence-corrected chi connectivity index (χ0v) is 13.7. The van der Waals surface area contributed by atoms with Crippen LogP contribution in [0.5, 0.6) is 0 Å². The zero-order chi connectivity index (χ0) is 17.1. The molecule has 25 heavy (non-hydrogen) atoms. The summed E-state index contributed by atoms with van der Waals surface area (Å²) in [6.07, 6.45) is 1.47. The number of hydrogen-bond acceptors (Lipinski definition) is 6. The van der Waals surface area contributed by atoms with Gasteiger partial charge in [0.05, 0.1) is 6.42 Å². The van der Waals surface area contributed by atoms with Crippen LogP contribution in [-0.2, 0) is 11.2 Å². The summed E-state index contributed by atoms with van der Waals surface area (Å²) in [4.78, 5) is 14.4. The normalized spacial score (nSPS) is 17.1. The van der Waals surface area contributed by atoms with Crippen LogP contribution in [0.15, 0.2) is 42.5 Å². The maximum absolute atomic E-state index is 12.4. The van der Waals surface area contributed by atoms with Crippen molar-refractivity contribution in [2.24, 2.45) is 5.92 Å². The summed E-state index contributed by atoms with van der Waals surface area (Å²) in [5, 5.41) is 18.8. The van der Waals surface area contributed by atoms with E-state index < -0.39 is 0 Å². The maximum Gasteiger partial charge on any atom is 0.226 e. The lowest BCUT2D eigenvalue weighted by atomic mass is 10.1. The Hall–Kier alpha value is -3.03. The van der Waals surface area contributed by atoms with Crippen LogP contribution in [0.2, 0.25) is 0 Å². The van der Waals surface area contributed by atoms with E-state index in [9.17, 15) is 4.79 Å². The lowest BCUT2D eigenvalue weighted by Crippen LogP contribution is -2.31. The fraction of sp³-hybridized carbons (Fsp3) is 0.353. The Balaban J connectivity index is 1.29. The van der Waals surface area contributed by atoms with Crippen molar-refractivity contribution in [3.05, 3.63) is 48.0 Å². The van der Waals surface area contributed by atoms with Crippen molar-refractivity contribution in [3.63, 3.8) is 0 Å². The Kier molecular flexibility index (Phi) is 4.24. The molecule has 1 atom stereocenters. The van der Waals surface area contributed by atoms with Crippen molar-refractivity contribution < 1.29 is 4.79 Å². The van der Waals surface area contributed by atoms with Crippen molar-refractivity contribution >= 4 is 17.4 Å². The molecule has 0 bridgehead atoms. The molecule has 0 saturated carbocycles. The molecule has 0 spiro atoms. The van der Waals surface area contributed by atoms with E-state index >= 15 is 0 Å². The van der Waals surface area contributed by atoms with E-state index in [4.69, 9.17) is 0 Å². The minimum atomic E-state index is 0.196. The number of nitrogens with one attached hydrogen (secondary N) is 1. The van der Waals surface area contributed by atoms with Gasteiger partial charge in [-0.1, -0.05) is 30.3 Å². The second-order valence-electron chi connectivity index (χ2n) is 6.28. The number of amides is 1. The number of nitrogens with zero attached hydrogens (tertiary/aromatic N) is 6. The molecule has 128 valence electrons. The third-order valence-electron chi connectivity index (χ3n) is 4.48. The molecule has 1 saturated heterocycles. The molecule has 3 heterocycles. The summed E-state index contributed by atoms with van der Waals surface area (Å²) >= 11 is 0. The Morgan fingerprint density at radius 1 is 1.20 bits per heavy atom. The van der Waals surface area contributed by atoms with E-state index in [2.05, 4.69) is 25.9 Å². The maximum atomic E-state index is 12.4. The van der Waals surface area contributed by atoms with Crippen LogP contribution >= 0.6 is 0 Å². The predicted octanol–water partition coefficient (Wildman–Crippen LogP) is 1.02. The third kappa shape index (κ3) is 3.57. The molecule has 8 nitrogen and oxygen atoms in total. The fourth-order valence-corrected chi connectivity index (χ4v) is 3.10. The first-order valence-corrected chi connectivity index (χ1v) is 8.39. The summed E-state index contributed by atoms with van der Waals surface area (Å²) in [5.41, 5.74) is 1.68. The van der Waals surface area contributed by atoms with Crippen LogP contribution in [0.25, 0.3) is 5.65 Å². The van der Waals surface area contributed by atoms with Gasteiger partial charge in [0.1, 0.15) is 5.82 Å². The van der Waals surface area contributed by atoms with Crippen LogP contribution < -0.4 is 5.32 Å². The largest absolute Gasteiger partial charge is 0.368 e. The van der Waals surface area contributed by atoms with Gasteiger partial charge in [-0.05, 0) is 40.5 Å². The first-order chi connectivity index (χ1) is 12.3. The lowest BCUT2D eigenvalue weighted by Gasteiger charge is -2.17. The Morgan fingerprint density at radius 3 is 2.96 bits per heavy atom. The van der Waals surface area contributed by atoms with Crippen molar-refractivity contribution in [2.45, 2.75) is 12.8 Å². The second-order valence-corrected chi connectivity index (χ2v) is 6.28. The number of carbonyl (C=O) groups is 1. The van der Waals surface area contributed by atoms with E-state index in [1.807, 2.05) is 47.4 Å². The minimum absolute atomic E-state index is 0.196. The number of fused-ring (bicyclic) bond motifs is 1. The summed E-state index contributed by atoms with van der Waals surface area (Å²) in [6.45, 7) is 2.37. The topological polar surface area (TPSA) is 88.3 Å². The van der Waals surface area contributed by atoms with Gasteiger partial charge in [0.2, 0.25) is 5.91 Å². The number of tetrazole rings is 1. The number of anilines is 1. The van der Waals surface area contributed by atoms with E-state index in [0.29, 0.717) is 18.0 Å². The van der Waals surface area contributed by atoms with Gasteiger partial charge >= 0.3 is 0 Å². The first kappa shape index (κ1) is 15.5. The van der Waals surface area contributed by atoms with Gasteiger partial charge in [-0.3, -0.25) is 4.79 Å². The third-order valence-corrected chi connectivity index (χ3v) is 4.48. The van der Waals surface area contributed by atoms with Crippen molar-refractivity contribution in [3.8, 4) is 0 Å². The Labute approximate surface area is 144 Å². The second kappa shape index (κ2) is 6.84. The number of rotatable bonds is 5. The molecule has 4 rings (SSSR count). The highest BCUT2D eigenvalue weighted by molar-refractivity contribution is 5.79. The Morgan fingerprint density at radius 2 is 2.08 bits per heavy atom. The molecular formula is C17H19N7O.